The van der Waals surface area contributed by atoms with Crippen LogP contribution in [0.4, 0.5) is 0 Å². The fraction of sp³-hybridized carbons (Fsp3) is 0.158. The number of ketones is 1. The van der Waals surface area contributed by atoms with E-state index in [1.807, 2.05) is 0 Å². The van der Waals surface area contributed by atoms with E-state index in [1.54, 1.807) is 55.7 Å². The minimum atomic E-state index is -0.454. The summed E-state index contributed by atoms with van der Waals surface area (Å²) >= 11 is 0. The monoisotopic (exact) mass is 326 g/mol. The highest BCUT2D eigenvalue weighted by Gasteiger charge is 2.12. The van der Waals surface area contributed by atoms with E-state index in [-0.39, 0.29) is 5.78 Å². The second-order valence-electron chi connectivity index (χ2n) is 4.84. The molecule has 0 radical (unpaired) electrons. The Hall–Kier alpha value is -3.08. The number of methoxy groups -OCH3 is 3. The molecule has 0 aliphatic heterocycles. The summed E-state index contributed by atoms with van der Waals surface area (Å²) < 4.78 is 15.1. The van der Waals surface area contributed by atoms with Crippen molar-refractivity contribution in [3.05, 3.63) is 65.2 Å². The number of hydrogen-bond donors (Lipinski definition) is 0. The Balaban J connectivity index is 2.30. The molecule has 0 saturated heterocycles. The van der Waals surface area contributed by atoms with Gasteiger partial charge in [0.2, 0.25) is 0 Å². The highest BCUT2D eigenvalue weighted by atomic mass is 16.5. The van der Waals surface area contributed by atoms with Gasteiger partial charge in [0.15, 0.2) is 5.78 Å². The third-order valence-electron chi connectivity index (χ3n) is 3.45. The van der Waals surface area contributed by atoms with Crippen LogP contribution in [0.15, 0.2) is 48.5 Å². The first kappa shape index (κ1) is 17.3. The lowest BCUT2D eigenvalue weighted by Gasteiger charge is -2.08. The highest BCUT2D eigenvalue weighted by molar-refractivity contribution is 6.09. The zero-order chi connectivity index (χ0) is 17.5. The van der Waals surface area contributed by atoms with Crippen molar-refractivity contribution in [2.24, 2.45) is 0 Å². The first-order chi connectivity index (χ1) is 11.6. The molecule has 0 aromatic heterocycles. The molecule has 0 aliphatic carbocycles. The van der Waals surface area contributed by atoms with E-state index in [1.165, 1.54) is 20.3 Å². The number of benzene rings is 2. The van der Waals surface area contributed by atoms with Crippen molar-refractivity contribution >= 4 is 17.8 Å². The number of esters is 1. The predicted octanol–water partition coefficient (Wildman–Crippen LogP) is 3.39. The molecule has 0 unspecified atom stereocenters. The summed E-state index contributed by atoms with van der Waals surface area (Å²) in [4.78, 5) is 24.2. The molecule has 2 aromatic carbocycles. The van der Waals surface area contributed by atoms with Crippen LogP contribution in [0.25, 0.3) is 6.08 Å². The summed E-state index contributed by atoms with van der Waals surface area (Å²) in [6.07, 6.45) is 2.98. The van der Waals surface area contributed by atoms with Crippen LogP contribution in [0.5, 0.6) is 11.5 Å². The van der Waals surface area contributed by atoms with E-state index >= 15 is 0 Å². The molecule has 0 N–H and O–H groups in total. The number of allylic oxidation sites excluding steroid dienone is 1. The molecule has 2 aromatic rings. The summed E-state index contributed by atoms with van der Waals surface area (Å²) in [5, 5.41) is 0. The van der Waals surface area contributed by atoms with Gasteiger partial charge in [-0.3, -0.25) is 4.79 Å². The van der Waals surface area contributed by atoms with E-state index in [0.29, 0.717) is 28.2 Å². The van der Waals surface area contributed by atoms with Gasteiger partial charge in [0.1, 0.15) is 11.5 Å². The number of carbonyl (C=O) groups excluding carboxylic acids is 2. The Kier molecular flexibility index (Phi) is 5.73. The molecule has 0 atom stereocenters. The zero-order valence-electron chi connectivity index (χ0n) is 13.7. The Morgan fingerprint density at radius 1 is 0.917 bits per heavy atom. The van der Waals surface area contributed by atoms with E-state index in [4.69, 9.17) is 14.2 Å². The van der Waals surface area contributed by atoms with Crippen molar-refractivity contribution in [3.8, 4) is 11.5 Å². The molecule has 5 nitrogen and oxygen atoms in total. The van der Waals surface area contributed by atoms with Crippen molar-refractivity contribution in [2.45, 2.75) is 0 Å². The molecular formula is C19H18O5. The maximum atomic E-state index is 12.4. The average Bonchev–Trinajstić information content (AvgIpc) is 2.65. The maximum Gasteiger partial charge on any atom is 0.338 e. The third kappa shape index (κ3) is 3.81. The summed E-state index contributed by atoms with van der Waals surface area (Å²) in [5.41, 5.74) is 1.40. The molecule has 5 heteroatoms. The maximum absolute atomic E-state index is 12.4. The van der Waals surface area contributed by atoms with Gasteiger partial charge in [-0.25, -0.2) is 4.79 Å². The van der Waals surface area contributed by atoms with E-state index < -0.39 is 5.97 Å². The standard InChI is InChI=1S/C19H18O5/c1-22-14-9-10-16(18(12-14)23-2)17(20)11-8-13-6-4-5-7-15(13)19(21)24-3/h4-12H,1-3H3/b11-8+. The summed E-state index contributed by atoms with van der Waals surface area (Å²) in [5.74, 6) is 0.326. The summed E-state index contributed by atoms with van der Waals surface area (Å²) in [6.45, 7) is 0. The Morgan fingerprint density at radius 2 is 1.67 bits per heavy atom. The van der Waals surface area contributed by atoms with Gasteiger partial charge in [-0.1, -0.05) is 24.3 Å². The van der Waals surface area contributed by atoms with Crippen LogP contribution in [0.2, 0.25) is 0 Å². The van der Waals surface area contributed by atoms with Gasteiger partial charge >= 0.3 is 5.97 Å². The van der Waals surface area contributed by atoms with Crippen molar-refractivity contribution < 1.29 is 23.8 Å². The van der Waals surface area contributed by atoms with Gasteiger partial charge in [-0.15, -0.1) is 0 Å². The normalized spacial score (nSPS) is 10.5. The zero-order valence-corrected chi connectivity index (χ0v) is 13.7. The number of rotatable bonds is 6. The fourth-order valence-corrected chi connectivity index (χ4v) is 2.20. The van der Waals surface area contributed by atoms with Crippen LogP contribution in [0.3, 0.4) is 0 Å². The van der Waals surface area contributed by atoms with Gasteiger partial charge in [-0.05, 0) is 29.8 Å². The summed E-state index contributed by atoms with van der Waals surface area (Å²) in [6, 6.07) is 11.9. The Labute approximate surface area is 140 Å². The molecule has 0 heterocycles. The molecule has 124 valence electrons. The van der Waals surface area contributed by atoms with Gasteiger partial charge in [0.05, 0.1) is 32.5 Å². The lowest BCUT2D eigenvalue weighted by molar-refractivity contribution is 0.0600. The van der Waals surface area contributed by atoms with Gasteiger partial charge in [0, 0.05) is 6.07 Å². The van der Waals surface area contributed by atoms with Gasteiger partial charge < -0.3 is 14.2 Å². The van der Waals surface area contributed by atoms with Crippen LogP contribution in [-0.4, -0.2) is 33.1 Å². The second-order valence-corrected chi connectivity index (χ2v) is 4.84. The molecule has 0 fully saturated rings. The molecule has 0 bridgehead atoms. The van der Waals surface area contributed by atoms with Gasteiger partial charge in [0.25, 0.3) is 0 Å². The fourth-order valence-electron chi connectivity index (χ4n) is 2.20. The predicted molar refractivity (Wildman–Crippen MR) is 90.7 cm³/mol. The average molecular weight is 326 g/mol. The number of ether oxygens (including phenoxy) is 3. The molecule has 0 aliphatic rings. The smallest absolute Gasteiger partial charge is 0.338 e. The first-order valence-corrected chi connectivity index (χ1v) is 7.22. The number of hydrogen-bond acceptors (Lipinski definition) is 5. The SMILES string of the molecule is COC(=O)c1ccccc1/C=C/C(=O)c1ccc(OC)cc1OC. The second kappa shape index (κ2) is 7.97. The van der Waals surface area contributed by atoms with Crippen LogP contribution < -0.4 is 9.47 Å². The quantitative estimate of drug-likeness (QED) is 0.462. The van der Waals surface area contributed by atoms with E-state index in [0.717, 1.165) is 0 Å². The van der Waals surface area contributed by atoms with Crippen molar-refractivity contribution in [2.75, 3.05) is 21.3 Å². The van der Waals surface area contributed by atoms with Crippen LogP contribution in [0, 0.1) is 0 Å². The van der Waals surface area contributed by atoms with Gasteiger partial charge in [-0.2, -0.15) is 0 Å². The molecule has 0 spiro atoms. The van der Waals surface area contributed by atoms with Crippen molar-refractivity contribution in [1.82, 2.24) is 0 Å². The molecule has 24 heavy (non-hydrogen) atoms. The Bertz CT molecular complexity index is 777. The molecule has 2 rings (SSSR count). The van der Waals surface area contributed by atoms with Crippen LogP contribution >= 0.6 is 0 Å². The van der Waals surface area contributed by atoms with Crippen molar-refractivity contribution in [3.63, 3.8) is 0 Å². The van der Waals surface area contributed by atoms with E-state index in [9.17, 15) is 9.59 Å². The Morgan fingerprint density at radius 3 is 2.33 bits per heavy atom. The first-order valence-electron chi connectivity index (χ1n) is 7.22. The largest absolute Gasteiger partial charge is 0.497 e. The lowest BCUT2D eigenvalue weighted by atomic mass is 10.0. The molecular weight excluding hydrogens is 308 g/mol. The lowest BCUT2D eigenvalue weighted by Crippen LogP contribution is -2.03. The number of carbonyl (C=O) groups is 2. The third-order valence-corrected chi connectivity index (χ3v) is 3.45. The van der Waals surface area contributed by atoms with Crippen molar-refractivity contribution in [1.29, 1.82) is 0 Å². The topological polar surface area (TPSA) is 61.8 Å². The van der Waals surface area contributed by atoms with Crippen LogP contribution in [0.1, 0.15) is 26.3 Å². The highest BCUT2D eigenvalue weighted by Crippen LogP contribution is 2.25. The van der Waals surface area contributed by atoms with E-state index in [2.05, 4.69) is 0 Å². The minimum Gasteiger partial charge on any atom is -0.497 e. The molecule has 0 saturated carbocycles. The molecule has 0 amide bonds. The van der Waals surface area contributed by atoms with Crippen LogP contribution in [-0.2, 0) is 4.74 Å². The summed E-state index contributed by atoms with van der Waals surface area (Å²) in [7, 11) is 4.35. The minimum absolute atomic E-state index is 0.242.